The van der Waals surface area contributed by atoms with Gasteiger partial charge < -0.3 is 29.7 Å². The van der Waals surface area contributed by atoms with Crippen molar-refractivity contribution in [2.45, 2.75) is 90.8 Å². The Hall–Kier alpha value is -3.43. The van der Waals surface area contributed by atoms with E-state index < -0.39 is 41.9 Å². The molecule has 1 unspecified atom stereocenters. The van der Waals surface area contributed by atoms with Crippen LogP contribution in [0, 0.1) is 11.8 Å². The van der Waals surface area contributed by atoms with Crippen molar-refractivity contribution in [2.75, 3.05) is 5.32 Å². The minimum Gasteiger partial charge on any atom is -0.508 e. The van der Waals surface area contributed by atoms with Crippen LogP contribution in [0.2, 0.25) is 0 Å². The Morgan fingerprint density at radius 1 is 1.23 bits per heavy atom. The molecule has 1 aromatic rings. The fourth-order valence-electron chi connectivity index (χ4n) is 5.32. The van der Waals surface area contributed by atoms with Crippen LogP contribution in [0.15, 0.2) is 47.6 Å². The third-order valence-corrected chi connectivity index (χ3v) is 7.71. The zero-order chi connectivity index (χ0) is 29.2. The summed E-state index contributed by atoms with van der Waals surface area (Å²) >= 11 is 0. The zero-order valence-electron chi connectivity index (χ0n) is 23.7. The van der Waals surface area contributed by atoms with Crippen LogP contribution in [0.4, 0.5) is 5.69 Å². The molecule has 3 bridgehead atoms. The molecule has 1 aromatic carbocycles. The average molecular weight is 554 g/mol. The van der Waals surface area contributed by atoms with Gasteiger partial charge in [0.15, 0.2) is 5.75 Å². The van der Waals surface area contributed by atoms with Crippen LogP contribution < -0.4 is 10.1 Å². The quantitative estimate of drug-likeness (QED) is 0.351. The predicted octanol–water partition coefficient (Wildman–Crippen LogP) is 5.04. The highest BCUT2D eigenvalue weighted by atomic mass is 16.7. The number of aromatic hydroxyl groups is 1. The van der Waals surface area contributed by atoms with Gasteiger partial charge in [0.1, 0.15) is 29.8 Å². The second-order valence-corrected chi connectivity index (χ2v) is 11.2. The molecule has 40 heavy (non-hydrogen) atoms. The van der Waals surface area contributed by atoms with E-state index in [9.17, 15) is 24.6 Å². The molecule has 1 spiro atoms. The third kappa shape index (κ3) is 6.47. The van der Waals surface area contributed by atoms with Gasteiger partial charge in [-0.15, -0.1) is 0 Å². The largest absolute Gasteiger partial charge is 0.508 e. The molecule has 3 aliphatic rings. The number of rotatable bonds is 3. The van der Waals surface area contributed by atoms with Gasteiger partial charge in [0.2, 0.25) is 11.7 Å². The number of benzene rings is 1. The smallest absolute Gasteiger partial charge is 0.334 e. The average Bonchev–Trinajstić information content (AvgIpc) is 2.89. The van der Waals surface area contributed by atoms with Crippen molar-refractivity contribution in [1.29, 1.82) is 0 Å². The van der Waals surface area contributed by atoms with E-state index in [0.29, 0.717) is 24.2 Å². The fraction of sp³-hybridized carbons (Fsp3) is 0.516. The van der Waals surface area contributed by atoms with Crippen molar-refractivity contribution in [2.24, 2.45) is 11.8 Å². The molecule has 0 aromatic heterocycles. The predicted molar refractivity (Wildman–Crippen MR) is 149 cm³/mol. The molecule has 1 amide bonds. The highest BCUT2D eigenvalue weighted by Crippen LogP contribution is 2.53. The number of allylic oxidation sites excluding steroid dienone is 2. The standard InChI is InChI=1S/C31H39NO8/c1-6-20-8-9-26(24(34)13-17(2)3)38-30(37)18(4)7-10-27(36)32-23-15-21(33)14-22-28-19(5)25(35)16-31(39-28,12-11-20)40-29(22)23/h7-9,13-15,19-20,24,26,28,33-34H,6,10-12,16H2,1-5H3,(H,32,36)/b9-8?,18-7-/t19-,20+,24?,26+,28+,31+/m1/s1. The lowest BCUT2D eigenvalue weighted by Crippen LogP contribution is -2.52. The summed E-state index contributed by atoms with van der Waals surface area (Å²) in [5.74, 6) is -2.46. The second kappa shape index (κ2) is 12.0. The summed E-state index contributed by atoms with van der Waals surface area (Å²) in [4.78, 5) is 38.8. The van der Waals surface area contributed by atoms with Crippen molar-refractivity contribution < 1.29 is 38.8 Å². The minimum atomic E-state index is -1.23. The molecule has 1 saturated heterocycles. The molecule has 9 nitrogen and oxygen atoms in total. The first-order valence-electron chi connectivity index (χ1n) is 13.9. The van der Waals surface area contributed by atoms with Crippen LogP contribution in [-0.4, -0.2) is 45.9 Å². The second-order valence-electron chi connectivity index (χ2n) is 11.2. The third-order valence-electron chi connectivity index (χ3n) is 7.71. The van der Waals surface area contributed by atoms with E-state index in [1.54, 1.807) is 26.0 Å². The Morgan fingerprint density at radius 2 is 1.98 bits per heavy atom. The lowest BCUT2D eigenvalue weighted by Gasteiger charge is -2.48. The maximum absolute atomic E-state index is 13.1. The zero-order valence-corrected chi connectivity index (χ0v) is 23.7. The first kappa shape index (κ1) is 29.6. The van der Waals surface area contributed by atoms with Crippen molar-refractivity contribution in [3.05, 3.63) is 53.1 Å². The number of aliphatic hydroxyl groups is 1. The van der Waals surface area contributed by atoms with E-state index in [-0.39, 0.29) is 41.6 Å². The number of hydrogen-bond acceptors (Lipinski definition) is 8. The van der Waals surface area contributed by atoms with E-state index in [2.05, 4.69) is 5.32 Å². The van der Waals surface area contributed by atoms with E-state index in [0.717, 1.165) is 12.0 Å². The first-order valence-corrected chi connectivity index (χ1v) is 13.9. The lowest BCUT2D eigenvalue weighted by molar-refractivity contribution is -0.261. The molecule has 0 saturated carbocycles. The number of fused-ring (bicyclic) bond motifs is 2. The Balaban J connectivity index is 1.76. The number of esters is 1. The number of hydrogen-bond donors (Lipinski definition) is 3. The maximum atomic E-state index is 13.1. The molecule has 4 rings (SSSR count). The van der Waals surface area contributed by atoms with Crippen LogP contribution in [-0.2, 0) is 23.9 Å². The number of aliphatic hydroxyl groups excluding tert-OH is 1. The van der Waals surface area contributed by atoms with Crippen LogP contribution in [0.1, 0.15) is 78.4 Å². The number of carbonyl (C=O) groups is 3. The molecule has 1 fully saturated rings. The van der Waals surface area contributed by atoms with Gasteiger partial charge in [-0.25, -0.2) is 4.79 Å². The normalized spacial score (nSPS) is 31.1. The van der Waals surface area contributed by atoms with Crippen molar-refractivity contribution >= 4 is 23.3 Å². The van der Waals surface area contributed by atoms with Gasteiger partial charge in [-0.05, 0) is 51.7 Å². The van der Waals surface area contributed by atoms with Gasteiger partial charge in [0, 0.05) is 36.0 Å². The Labute approximate surface area is 234 Å². The summed E-state index contributed by atoms with van der Waals surface area (Å²) in [7, 11) is 0. The summed E-state index contributed by atoms with van der Waals surface area (Å²) in [6.07, 6.45) is 5.73. The van der Waals surface area contributed by atoms with E-state index in [4.69, 9.17) is 14.2 Å². The molecular formula is C31H39NO8. The first-order chi connectivity index (χ1) is 18.9. The van der Waals surface area contributed by atoms with Gasteiger partial charge in [-0.2, -0.15) is 0 Å². The summed E-state index contributed by atoms with van der Waals surface area (Å²) < 4.78 is 18.5. The molecule has 6 atom stereocenters. The molecule has 3 aliphatic heterocycles. The SMILES string of the molecule is CC[C@H]1C=C[C@@H](C(O)C=C(C)C)OC(=O)/C(C)=C\CC(=O)Nc2cc(O)cc3c2O[C@@]2(CC1)CC(=O)[C@@H](C)[C@@H]3O2. The number of phenols is 1. The molecule has 0 aliphatic carbocycles. The monoisotopic (exact) mass is 553 g/mol. The Kier molecular flexibility index (Phi) is 8.85. The van der Waals surface area contributed by atoms with Gasteiger partial charge in [0.05, 0.1) is 12.1 Å². The summed E-state index contributed by atoms with van der Waals surface area (Å²) in [5.41, 5.74) is 1.87. The van der Waals surface area contributed by atoms with Gasteiger partial charge >= 0.3 is 5.97 Å². The molecular weight excluding hydrogens is 514 g/mol. The number of amides is 1. The molecule has 0 radical (unpaired) electrons. The number of anilines is 1. The highest BCUT2D eigenvalue weighted by molar-refractivity contribution is 5.96. The van der Waals surface area contributed by atoms with Crippen LogP contribution >= 0.6 is 0 Å². The minimum absolute atomic E-state index is 0.00254. The number of cyclic esters (lactones) is 1. The maximum Gasteiger partial charge on any atom is 0.334 e. The van der Waals surface area contributed by atoms with E-state index >= 15 is 0 Å². The van der Waals surface area contributed by atoms with Gasteiger partial charge in [-0.1, -0.05) is 37.6 Å². The molecule has 3 N–H and O–H groups in total. The van der Waals surface area contributed by atoms with E-state index in [1.807, 2.05) is 26.8 Å². The topological polar surface area (TPSA) is 131 Å². The van der Waals surface area contributed by atoms with Crippen LogP contribution in [0.5, 0.6) is 11.5 Å². The van der Waals surface area contributed by atoms with E-state index in [1.165, 1.54) is 18.2 Å². The number of ether oxygens (including phenoxy) is 3. The molecule has 3 heterocycles. The summed E-state index contributed by atoms with van der Waals surface area (Å²) in [6.45, 7) is 9.06. The number of nitrogens with one attached hydrogen (secondary N) is 1. The Bertz CT molecular complexity index is 1260. The Morgan fingerprint density at radius 3 is 2.67 bits per heavy atom. The fourth-order valence-corrected chi connectivity index (χ4v) is 5.32. The molecule has 216 valence electrons. The number of Topliss-reactive ketones (excluding diaryl/α,β-unsaturated/α-hetero) is 1. The highest BCUT2D eigenvalue weighted by Gasteiger charge is 2.52. The van der Waals surface area contributed by atoms with Gasteiger partial charge in [-0.3, -0.25) is 9.59 Å². The molecule has 9 heteroatoms. The number of ketones is 1. The van der Waals surface area contributed by atoms with Crippen molar-refractivity contribution in [3.8, 4) is 11.5 Å². The van der Waals surface area contributed by atoms with Crippen LogP contribution in [0.3, 0.4) is 0 Å². The summed E-state index contributed by atoms with van der Waals surface area (Å²) in [6, 6.07) is 2.91. The van der Waals surface area contributed by atoms with Crippen LogP contribution in [0.25, 0.3) is 0 Å². The summed E-state index contributed by atoms with van der Waals surface area (Å²) in [5, 5.41) is 24.0. The van der Waals surface area contributed by atoms with Crippen molar-refractivity contribution in [1.82, 2.24) is 0 Å². The van der Waals surface area contributed by atoms with Gasteiger partial charge in [0.25, 0.3) is 0 Å². The lowest BCUT2D eigenvalue weighted by atomic mass is 9.82. The number of phenolic OH excluding ortho intramolecular Hbond substituents is 1. The van der Waals surface area contributed by atoms with Crippen molar-refractivity contribution in [3.63, 3.8) is 0 Å². The number of carbonyl (C=O) groups excluding carboxylic acids is 3.